The van der Waals surface area contributed by atoms with Gasteiger partial charge in [0.05, 0.1) is 10.6 Å². The van der Waals surface area contributed by atoms with Crippen molar-refractivity contribution in [3.63, 3.8) is 0 Å². The van der Waals surface area contributed by atoms with Crippen molar-refractivity contribution in [1.82, 2.24) is 4.98 Å². The molecule has 2 rings (SSSR count). The molecular formula is C13H12FNO2S. The van der Waals surface area contributed by atoms with E-state index in [-0.39, 0.29) is 16.2 Å². The van der Waals surface area contributed by atoms with Crippen molar-refractivity contribution in [1.29, 1.82) is 0 Å². The smallest absolute Gasteiger partial charge is 0.217 e. The highest BCUT2D eigenvalue weighted by atomic mass is 32.2. The molecule has 3 nitrogen and oxygen atoms in total. The second-order valence-electron chi connectivity index (χ2n) is 4.03. The maximum absolute atomic E-state index is 13.3. The second-order valence-corrected chi connectivity index (χ2v) is 6.02. The van der Waals surface area contributed by atoms with Gasteiger partial charge in [0, 0.05) is 11.8 Å². The standard InChI is InChI=1S/C13H12FNO2S/c1-10-4-6-12(7-5-10)18(16,17)9-11-3-2-8-15-13(11)14/h2-8H,9H2,1H3. The Balaban J connectivity index is 2.33. The van der Waals surface area contributed by atoms with Crippen LogP contribution in [0.4, 0.5) is 4.39 Å². The zero-order chi connectivity index (χ0) is 13.2. The van der Waals surface area contributed by atoms with Gasteiger partial charge in [0.25, 0.3) is 0 Å². The lowest BCUT2D eigenvalue weighted by Gasteiger charge is -2.05. The summed E-state index contributed by atoms with van der Waals surface area (Å²) in [6.07, 6.45) is 1.29. The summed E-state index contributed by atoms with van der Waals surface area (Å²) in [5.74, 6) is -1.12. The van der Waals surface area contributed by atoms with Gasteiger partial charge in [-0.05, 0) is 25.1 Å². The third-order valence-corrected chi connectivity index (χ3v) is 4.24. The Labute approximate surface area is 105 Å². The highest BCUT2D eigenvalue weighted by Crippen LogP contribution is 2.17. The van der Waals surface area contributed by atoms with Gasteiger partial charge in [0.15, 0.2) is 9.84 Å². The predicted molar refractivity (Wildman–Crippen MR) is 66.3 cm³/mol. The van der Waals surface area contributed by atoms with Gasteiger partial charge in [-0.15, -0.1) is 0 Å². The molecule has 0 fully saturated rings. The fraction of sp³-hybridized carbons (Fsp3) is 0.154. The minimum Gasteiger partial charge on any atom is -0.228 e. The number of benzene rings is 1. The summed E-state index contributed by atoms with van der Waals surface area (Å²) in [4.78, 5) is 3.63. The second kappa shape index (κ2) is 4.86. The zero-order valence-corrected chi connectivity index (χ0v) is 10.6. The van der Waals surface area contributed by atoms with Crippen molar-refractivity contribution < 1.29 is 12.8 Å². The summed E-state index contributed by atoms with van der Waals surface area (Å²) in [6, 6.07) is 9.42. The Morgan fingerprint density at radius 2 is 1.83 bits per heavy atom. The SMILES string of the molecule is Cc1ccc(S(=O)(=O)Cc2cccnc2F)cc1. The van der Waals surface area contributed by atoms with Crippen LogP contribution in [-0.2, 0) is 15.6 Å². The summed E-state index contributed by atoms with van der Waals surface area (Å²) in [7, 11) is -3.53. The van der Waals surface area contributed by atoms with Gasteiger partial charge in [-0.25, -0.2) is 13.4 Å². The van der Waals surface area contributed by atoms with E-state index < -0.39 is 15.8 Å². The van der Waals surface area contributed by atoms with Gasteiger partial charge < -0.3 is 0 Å². The minimum absolute atomic E-state index is 0.0816. The lowest BCUT2D eigenvalue weighted by atomic mass is 10.2. The van der Waals surface area contributed by atoms with Crippen molar-refractivity contribution in [2.45, 2.75) is 17.6 Å². The Bertz CT molecular complexity index is 651. The van der Waals surface area contributed by atoms with Crippen LogP contribution in [0.2, 0.25) is 0 Å². The molecule has 1 aromatic heterocycles. The minimum atomic E-state index is -3.53. The summed E-state index contributed by atoms with van der Waals surface area (Å²) in [5.41, 5.74) is 1.06. The molecule has 0 aliphatic carbocycles. The molecule has 2 aromatic rings. The van der Waals surface area contributed by atoms with Crippen LogP contribution >= 0.6 is 0 Å². The topological polar surface area (TPSA) is 47.0 Å². The Hall–Kier alpha value is -1.75. The maximum atomic E-state index is 13.3. The number of aromatic nitrogens is 1. The van der Waals surface area contributed by atoms with E-state index in [1.165, 1.54) is 30.5 Å². The van der Waals surface area contributed by atoms with Crippen LogP contribution in [0.3, 0.4) is 0 Å². The number of aryl methyl sites for hydroxylation is 1. The third-order valence-electron chi connectivity index (χ3n) is 2.56. The number of sulfone groups is 1. The normalized spacial score (nSPS) is 11.4. The van der Waals surface area contributed by atoms with Crippen LogP contribution in [0, 0.1) is 12.9 Å². The van der Waals surface area contributed by atoms with Gasteiger partial charge in [0.1, 0.15) is 0 Å². The number of rotatable bonds is 3. The number of pyridine rings is 1. The summed E-state index contributed by atoms with van der Waals surface area (Å²) in [5, 5.41) is 0. The van der Waals surface area contributed by atoms with Crippen LogP contribution in [0.15, 0.2) is 47.5 Å². The van der Waals surface area contributed by atoms with Crippen LogP contribution in [0.1, 0.15) is 11.1 Å². The molecule has 94 valence electrons. The maximum Gasteiger partial charge on any atom is 0.217 e. The van der Waals surface area contributed by atoms with E-state index in [0.717, 1.165) is 5.56 Å². The van der Waals surface area contributed by atoms with E-state index in [9.17, 15) is 12.8 Å². The number of hydrogen-bond donors (Lipinski definition) is 0. The van der Waals surface area contributed by atoms with E-state index >= 15 is 0 Å². The summed E-state index contributed by atoms with van der Waals surface area (Å²) >= 11 is 0. The van der Waals surface area contributed by atoms with E-state index in [1.54, 1.807) is 12.1 Å². The fourth-order valence-corrected chi connectivity index (χ4v) is 2.90. The van der Waals surface area contributed by atoms with Gasteiger partial charge in [-0.2, -0.15) is 4.39 Å². The molecule has 1 heterocycles. The Morgan fingerprint density at radius 3 is 2.44 bits per heavy atom. The van der Waals surface area contributed by atoms with Crippen molar-refractivity contribution >= 4 is 9.84 Å². The monoisotopic (exact) mass is 265 g/mol. The molecule has 0 aliphatic heterocycles. The fourth-order valence-electron chi connectivity index (χ4n) is 1.56. The predicted octanol–water partition coefficient (Wildman–Crippen LogP) is 2.50. The molecule has 0 N–H and O–H groups in total. The molecule has 0 spiro atoms. The molecule has 0 unspecified atom stereocenters. The van der Waals surface area contributed by atoms with Gasteiger partial charge in [0.2, 0.25) is 5.95 Å². The third kappa shape index (κ3) is 2.73. The zero-order valence-electron chi connectivity index (χ0n) is 9.80. The van der Waals surface area contributed by atoms with Crippen LogP contribution in [0.25, 0.3) is 0 Å². The average molecular weight is 265 g/mol. The number of nitrogens with zero attached hydrogens (tertiary/aromatic N) is 1. The molecule has 0 atom stereocenters. The quantitative estimate of drug-likeness (QED) is 0.801. The van der Waals surface area contributed by atoms with E-state index in [0.29, 0.717) is 0 Å². The number of halogens is 1. The highest BCUT2D eigenvalue weighted by molar-refractivity contribution is 7.90. The lowest BCUT2D eigenvalue weighted by molar-refractivity contribution is 0.564. The first kappa shape index (κ1) is 12.7. The molecule has 0 aliphatic rings. The first-order valence-electron chi connectivity index (χ1n) is 5.38. The number of hydrogen-bond acceptors (Lipinski definition) is 3. The molecule has 0 amide bonds. The molecule has 0 saturated carbocycles. The molecule has 0 radical (unpaired) electrons. The van der Waals surface area contributed by atoms with E-state index in [4.69, 9.17) is 0 Å². The van der Waals surface area contributed by atoms with Crippen molar-refractivity contribution in [3.05, 3.63) is 59.7 Å². The summed E-state index contributed by atoms with van der Waals surface area (Å²) in [6.45, 7) is 1.87. The average Bonchev–Trinajstić information content (AvgIpc) is 2.32. The molecular weight excluding hydrogens is 253 g/mol. The van der Waals surface area contributed by atoms with Crippen LogP contribution in [0.5, 0.6) is 0 Å². The largest absolute Gasteiger partial charge is 0.228 e. The Morgan fingerprint density at radius 1 is 1.17 bits per heavy atom. The van der Waals surface area contributed by atoms with Crippen LogP contribution in [-0.4, -0.2) is 13.4 Å². The van der Waals surface area contributed by atoms with Gasteiger partial charge in [-0.1, -0.05) is 23.8 Å². The Kier molecular flexibility index (Phi) is 3.43. The van der Waals surface area contributed by atoms with Crippen molar-refractivity contribution in [3.8, 4) is 0 Å². The molecule has 5 heteroatoms. The van der Waals surface area contributed by atoms with Gasteiger partial charge >= 0.3 is 0 Å². The van der Waals surface area contributed by atoms with E-state index in [1.807, 2.05) is 6.92 Å². The van der Waals surface area contributed by atoms with E-state index in [2.05, 4.69) is 4.98 Å². The first-order chi connectivity index (χ1) is 8.49. The molecule has 0 saturated heterocycles. The molecule has 0 bridgehead atoms. The van der Waals surface area contributed by atoms with Crippen molar-refractivity contribution in [2.24, 2.45) is 0 Å². The van der Waals surface area contributed by atoms with Crippen LogP contribution < -0.4 is 0 Å². The van der Waals surface area contributed by atoms with Gasteiger partial charge in [-0.3, -0.25) is 0 Å². The van der Waals surface area contributed by atoms with Crippen molar-refractivity contribution in [2.75, 3.05) is 0 Å². The lowest BCUT2D eigenvalue weighted by Crippen LogP contribution is -2.07. The molecule has 18 heavy (non-hydrogen) atoms. The molecule has 1 aromatic carbocycles. The summed E-state index contributed by atoms with van der Waals surface area (Å²) < 4.78 is 37.5. The first-order valence-corrected chi connectivity index (χ1v) is 7.03. The highest BCUT2D eigenvalue weighted by Gasteiger charge is 2.17.